The molecule has 6 heteroatoms. The Morgan fingerprint density at radius 1 is 1.35 bits per heavy atom. The van der Waals surface area contributed by atoms with Gasteiger partial charge in [0.15, 0.2) is 0 Å². The Labute approximate surface area is 116 Å². The van der Waals surface area contributed by atoms with Crippen LogP contribution in [0.15, 0.2) is 24.3 Å². The van der Waals surface area contributed by atoms with E-state index in [1.165, 1.54) is 18.1 Å². The van der Waals surface area contributed by atoms with E-state index in [4.69, 9.17) is 0 Å². The standard InChI is InChI=1S/C14H16N2O4/c1-9-12(17)15-6-7-16(9)13(18)10-4-3-5-11(8-10)14(19)20-2/h3-5,8-9H,6-7H2,1-2H3,(H,15,17)/t9-/m1/s1. The van der Waals surface area contributed by atoms with Gasteiger partial charge >= 0.3 is 5.97 Å². The lowest BCUT2D eigenvalue weighted by Gasteiger charge is -2.32. The number of rotatable bonds is 2. The van der Waals surface area contributed by atoms with Crippen LogP contribution in [0, 0.1) is 0 Å². The van der Waals surface area contributed by atoms with Crippen molar-refractivity contribution in [3.63, 3.8) is 0 Å². The molecular formula is C14H16N2O4. The van der Waals surface area contributed by atoms with E-state index in [1.54, 1.807) is 25.1 Å². The Hall–Kier alpha value is -2.37. The third-order valence-corrected chi connectivity index (χ3v) is 3.29. The lowest BCUT2D eigenvalue weighted by Crippen LogP contribution is -2.55. The van der Waals surface area contributed by atoms with Crippen molar-refractivity contribution in [1.82, 2.24) is 10.2 Å². The second kappa shape index (κ2) is 5.73. The SMILES string of the molecule is COC(=O)c1cccc(C(=O)N2CCNC(=O)[C@H]2C)c1. The van der Waals surface area contributed by atoms with E-state index in [0.29, 0.717) is 24.2 Å². The molecule has 1 fully saturated rings. The van der Waals surface area contributed by atoms with E-state index >= 15 is 0 Å². The molecule has 0 spiro atoms. The van der Waals surface area contributed by atoms with Crippen LogP contribution in [-0.4, -0.2) is 48.9 Å². The highest BCUT2D eigenvalue weighted by Gasteiger charge is 2.30. The van der Waals surface area contributed by atoms with Crippen molar-refractivity contribution in [3.05, 3.63) is 35.4 Å². The maximum absolute atomic E-state index is 12.4. The number of hydrogen-bond donors (Lipinski definition) is 1. The number of hydrogen-bond acceptors (Lipinski definition) is 4. The normalized spacial score (nSPS) is 18.4. The van der Waals surface area contributed by atoms with Gasteiger partial charge in [0, 0.05) is 18.7 Å². The number of benzene rings is 1. The van der Waals surface area contributed by atoms with Gasteiger partial charge in [-0.25, -0.2) is 4.79 Å². The highest BCUT2D eigenvalue weighted by molar-refractivity contribution is 6.00. The fraction of sp³-hybridized carbons (Fsp3) is 0.357. The first kappa shape index (κ1) is 14.0. The van der Waals surface area contributed by atoms with Crippen molar-refractivity contribution in [2.45, 2.75) is 13.0 Å². The average molecular weight is 276 g/mol. The molecule has 0 radical (unpaired) electrons. The minimum atomic E-state index is -0.516. The Bertz CT molecular complexity index is 556. The summed E-state index contributed by atoms with van der Waals surface area (Å²) in [6.45, 7) is 2.57. The lowest BCUT2D eigenvalue weighted by atomic mass is 10.1. The first-order chi connectivity index (χ1) is 9.54. The summed E-state index contributed by atoms with van der Waals surface area (Å²) in [5.41, 5.74) is 0.682. The minimum absolute atomic E-state index is 0.172. The Morgan fingerprint density at radius 3 is 2.75 bits per heavy atom. The van der Waals surface area contributed by atoms with Crippen LogP contribution in [0.4, 0.5) is 0 Å². The molecule has 1 aromatic rings. The number of piperazine rings is 1. The van der Waals surface area contributed by atoms with Gasteiger partial charge in [0.25, 0.3) is 5.91 Å². The van der Waals surface area contributed by atoms with Crippen LogP contribution in [0.2, 0.25) is 0 Å². The van der Waals surface area contributed by atoms with E-state index in [0.717, 1.165) is 0 Å². The third-order valence-electron chi connectivity index (χ3n) is 3.29. The third kappa shape index (κ3) is 2.64. The summed E-state index contributed by atoms with van der Waals surface area (Å²) in [6.07, 6.45) is 0. The molecule has 2 amide bonds. The van der Waals surface area contributed by atoms with Gasteiger partial charge in [-0.05, 0) is 25.1 Å². The lowest BCUT2D eigenvalue weighted by molar-refractivity contribution is -0.127. The molecule has 1 atom stereocenters. The number of nitrogens with one attached hydrogen (secondary N) is 1. The number of carbonyl (C=O) groups is 3. The Kier molecular flexibility index (Phi) is 4.02. The molecular weight excluding hydrogens is 260 g/mol. The van der Waals surface area contributed by atoms with Gasteiger partial charge < -0.3 is 15.0 Å². The molecule has 6 nitrogen and oxygen atoms in total. The molecule has 2 rings (SSSR count). The van der Waals surface area contributed by atoms with E-state index in [1.807, 2.05) is 0 Å². The fourth-order valence-corrected chi connectivity index (χ4v) is 2.12. The predicted octanol–water partition coefficient (Wildman–Crippen LogP) is 0.434. The fourth-order valence-electron chi connectivity index (χ4n) is 2.12. The van der Waals surface area contributed by atoms with Gasteiger partial charge in [0.2, 0.25) is 5.91 Å². The predicted molar refractivity (Wildman–Crippen MR) is 71.3 cm³/mol. The summed E-state index contributed by atoms with van der Waals surface area (Å²) in [7, 11) is 1.29. The summed E-state index contributed by atoms with van der Waals surface area (Å²) >= 11 is 0. The first-order valence-electron chi connectivity index (χ1n) is 6.31. The molecule has 0 unspecified atom stereocenters. The van der Waals surface area contributed by atoms with E-state index in [-0.39, 0.29) is 11.8 Å². The minimum Gasteiger partial charge on any atom is -0.465 e. The van der Waals surface area contributed by atoms with Gasteiger partial charge in [0.05, 0.1) is 12.7 Å². The number of ether oxygens (including phenoxy) is 1. The summed E-state index contributed by atoms with van der Waals surface area (Å²) in [5.74, 6) is -0.934. The Morgan fingerprint density at radius 2 is 2.05 bits per heavy atom. The van der Waals surface area contributed by atoms with Crippen LogP contribution in [0.5, 0.6) is 0 Å². The topological polar surface area (TPSA) is 75.7 Å². The van der Waals surface area contributed by atoms with Gasteiger partial charge in [-0.15, -0.1) is 0 Å². The molecule has 1 saturated heterocycles. The van der Waals surface area contributed by atoms with Crippen molar-refractivity contribution in [3.8, 4) is 0 Å². The van der Waals surface area contributed by atoms with Gasteiger partial charge in [-0.3, -0.25) is 9.59 Å². The van der Waals surface area contributed by atoms with Crippen LogP contribution in [-0.2, 0) is 9.53 Å². The van der Waals surface area contributed by atoms with Crippen LogP contribution in [0.1, 0.15) is 27.6 Å². The van der Waals surface area contributed by atoms with E-state index in [9.17, 15) is 14.4 Å². The number of nitrogens with zero attached hydrogens (tertiary/aromatic N) is 1. The zero-order valence-corrected chi connectivity index (χ0v) is 11.4. The smallest absolute Gasteiger partial charge is 0.337 e. The number of amides is 2. The summed E-state index contributed by atoms with van der Waals surface area (Å²) in [4.78, 5) is 37.0. The highest BCUT2D eigenvalue weighted by Crippen LogP contribution is 2.13. The van der Waals surface area contributed by atoms with Crippen LogP contribution in [0.3, 0.4) is 0 Å². The monoisotopic (exact) mass is 276 g/mol. The quantitative estimate of drug-likeness (QED) is 0.795. The van der Waals surface area contributed by atoms with Gasteiger partial charge in [-0.2, -0.15) is 0 Å². The Balaban J connectivity index is 2.24. The van der Waals surface area contributed by atoms with Crippen LogP contribution < -0.4 is 5.32 Å². The maximum Gasteiger partial charge on any atom is 0.337 e. The molecule has 20 heavy (non-hydrogen) atoms. The van der Waals surface area contributed by atoms with E-state index < -0.39 is 12.0 Å². The summed E-state index contributed by atoms with van der Waals surface area (Å²) in [6, 6.07) is 5.78. The number of carbonyl (C=O) groups excluding carboxylic acids is 3. The molecule has 1 N–H and O–H groups in total. The zero-order valence-electron chi connectivity index (χ0n) is 11.4. The largest absolute Gasteiger partial charge is 0.465 e. The molecule has 1 aliphatic rings. The van der Waals surface area contributed by atoms with Crippen molar-refractivity contribution in [2.24, 2.45) is 0 Å². The summed E-state index contributed by atoms with van der Waals surface area (Å²) in [5, 5.41) is 2.70. The van der Waals surface area contributed by atoms with Crippen LogP contribution >= 0.6 is 0 Å². The van der Waals surface area contributed by atoms with Gasteiger partial charge in [0.1, 0.15) is 6.04 Å². The van der Waals surface area contributed by atoms with Crippen molar-refractivity contribution >= 4 is 17.8 Å². The van der Waals surface area contributed by atoms with E-state index in [2.05, 4.69) is 10.1 Å². The molecule has 0 aromatic heterocycles. The second-order valence-electron chi connectivity index (χ2n) is 4.54. The van der Waals surface area contributed by atoms with Crippen molar-refractivity contribution in [2.75, 3.05) is 20.2 Å². The summed E-state index contributed by atoms with van der Waals surface area (Å²) < 4.78 is 4.63. The maximum atomic E-state index is 12.4. The highest BCUT2D eigenvalue weighted by atomic mass is 16.5. The number of methoxy groups -OCH3 is 1. The molecule has 106 valence electrons. The molecule has 0 saturated carbocycles. The zero-order chi connectivity index (χ0) is 14.7. The second-order valence-corrected chi connectivity index (χ2v) is 4.54. The molecule has 0 bridgehead atoms. The molecule has 0 aliphatic carbocycles. The molecule has 1 aromatic carbocycles. The number of esters is 1. The molecule has 1 heterocycles. The first-order valence-corrected chi connectivity index (χ1v) is 6.31. The molecule has 1 aliphatic heterocycles. The van der Waals surface area contributed by atoms with Crippen molar-refractivity contribution < 1.29 is 19.1 Å². The van der Waals surface area contributed by atoms with Gasteiger partial charge in [-0.1, -0.05) is 6.07 Å². The van der Waals surface area contributed by atoms with Crippen LogP contribution in [0.25, 0.3) is 0 Å². The average Bonchev–Trinajstić information content (AvgIpc) is 2.48. The van der Waals surface area contributed by atoms with Crippen molar-refractivity contribution in [1.29, 1.82) is 0 Å².